The summed E-state index contributed by atoms with van der Waals surface area (Å²) in [5.41, 5.74) is 2.00. The highest BCUT2D eigenvalue weighted by Gasteiger charge is 2.28. The number of ether oxygens (including phenoxy) is 1. The molecule has 0 saturated carbocycles. The number of hydrogen-bond acceptors (Lipinski definition) is 5. The molecule has 2 aliphatic rings. The van der Waals surface area contributed by atoms with Crippen LogP contribution in [0.3, 0.4) is 0 Å². The van der Waals surface area contributed by atoms with Crippen LogP contribution < -0.4 is 10.2 Å². The average molecular weight is 476 g/mol. The maximum Gasteiger partial charge on any atom is 0.306 e. The van der Waals surface area contributed by atoms with Gasteiger partial charge in [-0.15, -0.1) is 0 Å². The van der Waals surface area contributed by atoms with Crippen LogP contribution in [0.1, 0.15) is 37.4 Å². The van der Waals surface area contributed by atoms with Crippen molar-refractivity contribution >= 4 is 23.5 Å². The van der Waals surface area contributed by atoms with Crippen LogP contribution in [0.4, 0.5) is 5.69 Å². The van der Waals surface area contributed by atoms with Crippen molar-refractivity contribution in [1.29, 1.82) is 0 Å². The van der Waals surface area contributed by atoms with E-state index in [0.717, 1.165) is 24.3 Å². The van der Waals surface area contributed by atoms with Gasteiger partial charge in [-0.1, -0.05) is 60.7 Å². The summed E-state index contributed by atoms with van der Waals surface area (Å²) in [6.07, 6.45) is 4.69. The van der Waals surface area contributed by atoms with E-state index in [0.29, 0.717) is 25.9 Å². The number of esters is 1. The third kappa shape index (κ3) is 6.94. The number of benzene rings is 2. The molecule has 184 valence electrons. The van der Waals surface area contributed by atoms with E-state index in [1.54, 1.807) is 0 Å². The Morgan fingerprint density at radius 3 is 2.31 bits per heavy atom. The number of amides is 2. The second-order valence-corrected chi connectivity index (χ2v) is 8.98. The number of nitrogens with zero attached hydrogens (tertiary/aromatic N) is 2. The molecule has 2 atom stereocenters. The van der Waals surface area contributed by atoms with Crippen LogP contribution in [0.2, 0.25) is 0 Å². The van der Waals surface area contributed by atoms with E-state index in [-0.39, 0.29) is 37.2 Å². The summed E-state index contributed by atoms with van der Waals surface area (Å²) in [5, 5.41) is 2.93. The Kier molecular flexibility index (Phi) is 8.54. The van der Waals surface area contributed by atoms with Crippen molar-refractivity contribution in [2.75, 3.05) is 37.6 Å². The fourth-order valence-electron chi connectivity index (χ4n) is 4.51. The van der Waals surface area contributed by atoms with Crippen molar-refractivity contribution < 1.29 is 19.1 Å². The predicted octanol–water partition coefficient (Wildman–Crippen LogP) is 3.48. The fraction of sp³-hybridized carbons (Fsp3) is 0.393. The Labute approximate surface area is 206 Å². The number of piperazine rings is 1. The molecule has 0 aromatic heterocycles. The molecule has 2 aliphatic heterocycles. The second kappa shape index (κ2) is 12.2. The maximum atomic E-state index is 13.1. The molecule has 2 aromatic rings. The summed E-state index contributed by atoms with van der Waals surface area (Å²) in [6, 6.07) is 19.6. The van der Waals surface area contributed by atoms with Crippen molar-refractivity contribution in [2.45, 2.75) is 31.8 Å². The lowest BCUT2D eigenvalue weighted by Crippen LogP contribution is -2.49. The first-order chi connectivity index (χ1) is 17.1. The first-order valence-electron chi connectivity index (χ1n) is 12.3. The molecule has 7 heteroatoms. The molecule has 0 bridgehead atoms. The minimum absolute atomic E-state index is 0.00407. The zero-order valence-electron chi connectivity index (χ0n) is 20.0. The van der Waals surface area contributed by atoms with Crippen molar-refractivity contribution in [3.8, 4) is 0 Å². The number of carbonyl (C=O) groups is 3. The molecule has 1 fully saturated rings. The Balaban J connectivity index is 1.37. The van der Waals surface area contributed by atoms with Gasteiger partial charge in [-0.3, -0.25) is 14.4 Å². The van der Waals surface area contributed by atoms with Crippen molar-refractivity contribution in [3.05, 3.63) is 78.4 Å². The van der Waals surface area contributed by atoms with Crippen LogP contribution in [0.15, 0.2) is 72.8 Å². The number of anilines is 1. The van der Waals surface area contributed by atoms with E-state index in [9.17, 15) is 14.4 Å². The SMILES string of the molecule is O=C1CC/C=C\C[C@@H](CC(=O)N2CCN(c3ccccc3)CC2)C(=O)NC[C@@H](c2ccccc2)O1. The zero-order valence-corrected chi connectivity index (χ0v) is 20.0. The number of para-hydroxylation sites is 1. The first kappa shape index (κ1) is 24.5. The highest BCUT2D eigenvalue weighted by molar-refractivity contribution is 5.86. The standard InChI is InChI=1S/C28H33N3O4/c32-26(31-18-16-30(17-19-31)24-13-7-3-8-14-24)20-23-12-6-2-9-15-27(33)35-25(21-29-28(23)34)22-10-4-1-5-11-22/h1-8,10-11,13-14,23,25H,9,12,15-21H2,(H,29,34)/b6-2-/t23-,25-/m0/s1. The lowest BCUT2D eigenvalue weighted by Gasteiger charge is -2.36. The molecule has 7 nitrogen and oxygen atoms in total. The minimum atomic E-state index is -0.557. The average Bonchev–Trinajstić information content (AvgIpc) is 2.90. The molecule has 4 rings (SSSR count). The minimum Gasteiger partial charge on any atom is -0.456 e. The van der Waals surface area contributed by atoms with Gasteiger partial charge in [-0.2, -0.15) is 0 Å². The van der Waals surface area contributed by atoms with E-state index in [1.165, 1.54) is 0 Å². The lowest BCUT2D eigenvalue weighted by molar-refractivity contribution is -0.150. The molecule has 0 spiro atoms. The summed E-state index contributed by atoms with van der Waals surface area (Å²) < 4.78 is 5.65. The molecule has 2 aromatic carbocycles. The van der Waals surface area contributed by atoms with Gasteiger partial charge >= 0.3 is 5.97 Å². The highest BCUT2D eigenvalue weighted by Crippen LogP contribution is 2.21. The number of allylic oxidation sites excluding steroid dienone is 2. The predicted molar refractivity (Wildman–Crippen MR) is 135 cm³/mol. The number of cyclic esters (lactones) is 1. The summed E-state index contributed by atoms with van der Waals surface area (Å²) in [5.74, 6) is -0.940. The third-order valence-corrected chi connectivity index (χ3v) is 6.55. The van der Waals surface area contributed by atoms with Crippen LogP contribution >= 0.6 is 0 Å². The molecular weight excluding hydrogens is 442 g/mol. The van der Waals surface area contributed by atoms with Crippen LogP contribution in [-0.2, 0) is 19.1 Å². The van der Waals surface area contributed by atoms with E-state index in [4.69, 9.17) is 4.74 Å². The molecule has 2 heterocycles. The fourth-order valence-corrected chi connectivity index (χ4v) is 4.51. The summed E-state index contributed by atoms with van der Waals surface area (Å²) in [7, 11) is 0. The number of hydrogen-bond donors (Lipinski definition) is 1. The molecule has 1 saturated heterocycles. The molecule has 0 unspecified atom stereocenters. The second-order valence-electron chi connectivity index (χ2n) is 8.98. The van der Waals surface area contributed by atoms with Gasteiger partial charge < -0.3 is 19.9 Å². The van der Waals surface area contributed by atoms with Gasteiger partial charge in [0.15, 0.2) is 0 Å². The summed E-state index contributed by atoms with van der Waals surface area (Å²) in [4.78, 5) is 42.6. The van der Waals surface area contributed by atoms with Gasteiger partial charge in [0.1, 0.15) is 6.10 Å². The highest BCUT2D eigenvalue weighted by atomic mass is 16.5. The van der Waals surface area contributed by atoms with Gasteiger partial charge in [0.25, 0.3) is 0 Å². The van der Waals surface area contributed by atoms with Crippen LogP contribution in [-0.4, -0.2) is 55.4 Å². The van der Waals surface area contributed by atoms with Gasteiger partial charge in [0.2, 0.25) is 11.8 Å². The quantitative estimate of drug-likeness (QED) is 0.541. The van der Waals surface area contributed by atoms with Crippen molar-refractivity contribution in [2.24, 2.45) is 5.92 Å². The van der Waals surface area contributed by atoms with Gasteiger partial charge in [-0.05, 0) is 30.5 Å². The normalized spacial score (nSPS) is 22.9. The lowest BCUT2D eigenvalue weighted by atomic mass is 9.98. The van der Waals surface area contributed by atoms with Crippen LogP contribution in [0, 0.1) is 5.92 Å². The van der Waals surface area contributed by atoms with Gasteiger partial charge in [-0.25, -0.2) is 0 Å². The zero-order chi connectivity index (χ0) is 24.5. The largest absolute Gasteiger partial charge is 0.456 e. The third-order valence-electron chi connectivity index (χ3n) is 6.55. The molecule has 1 N–H and O–H groups in total. The van der Waals surface area contributed by atoms with E-state index < -0.39 is 12.0 Å². The van der Waals surface area contributed by atoms with Gasteiger partial charge in [0.05, 0.1) is 12.5 Å². The van der Waals surface area contributed by atoms with Crippen LogP contribution in [0.5, 0.6) is 0 Å². The number of nitrogens with one attached hydrogen (secondary N) is 1. The molecule has 2 amide bonds. The van der Waals surface area contributed by atoms with Gasteiger partial charge in [0, 0.05) is 44.7 Å². The van der Waals surface area contributed by atoms with E-state index in [1.807, 2.05) is 65.6 Å². The van der Waals surface area contributed by atoms with E-state index in [2.05, 4.69) is 22.3 Å². The Hall–Kier alpha value is -3.61. The summed E-state index contributed by atoms with van der Waals surface area (Å²) >= 11 is 0. The van der Waals surface area contributed by atoms with Crippen molar-refractivity contribution in [3.63, 3.8) is 0 Å². The Morgan fingerprint density at radius 2 is 1.60 bits per heavy atom. The molecule has 35 heavy (non-hydrogen) atoms. The topological polar surface area (TPSA) is 79.0 Å². The smallest absolute Gasteiger partial charge is 0.306 e. The van der Waals surface area contributed by atoms with Crippen LogP contribution in [0.25, 0.3) is 0 Å². The molecular formula is C28H33N3O4. The number of rotatable bonds is 4. The Morgan fingerprint density at radius 1 is 0.914 bits per heavy atom. The molecule has 0 aliphatic carbocycles. The first-order valence-corrected chi connectivity index (χ1v) is 12.3. The maximum absolute atomic E-state index is 13.1. The monoisotopic (exact) mass is 475 g/mol. The summed E-state index contributed by atoms with van der Waals surface area (Å²) in [6.45, 7) is 3.01. The van der Waals surface area contributed by atoms with E-state index >= 15 is 0 Å². The van der Waals surface area contributed by atoms with Crippen molar-refractivity contribution in [1.82, 2.24) is 10.2 Å². The molecule has 0 radical (unpaired) electrons. The number of carbonyl (C=O) groups excluding carboxylic acids is 3. The Bertz CT molecular complexity index is 1020.